The van der Waals surface area contributed by atoms with Crippen LogP contribution in [0.5, 0.6) is 0 Å². The summed E-state index contributed by atoms with van der Waals surface area (Å²) in [7, 11) is 1.86. The van der Waals surface area contributed by atoms with Crippen LogP contribution in [-0.2, 0) is 11.3 Å². The van der Waals surface area contributed by atoms with E-state index in [0.29, 0.717) is 19.8 Å². The molecule has 1 unspecified atom stereocenters. The third-order valence-electron chi connectivity index (χ3n) is 3.65. The van der Waals surface area contributed by atoms with E-state index < -0.39 is 0 Å². The molecule has 0 saturated carbocycles. The summed E-state index contributed by atoms with van der Waals surface area (Å²) < 4.78 is 5.64. The van der Waals surface area contributed by atoms with Crippen molar-refractivity contribution in [2.24, 2.45) is 0 Å². The van der Waals surface area contributed by atoms with Crippen molar-refractivity contribution in [3.05, 3.63) is 41.9 Å². The van der Waals surface area contributed by atoms with Gasteiger partial charge >= 0.3 is 0 Å². The van der Waals surface area contributed by atoms with Crippen molar-refractivity contribution in [2.45, 2.75) is 19.5 Å². The first-order valence-electron chi connectivity index (χ1n) is 7.36. The predicted octanol–water partition coefficient (Wildman–Crippen LogP) is 1.19. The first kappa shape index (κ1) is 14.8. The van der Waals surface area contributed by atoms with Gasteiger partial charge in [-0.15, -0.1) is 0 Å². The molecule has 1 aliphatic heterocycles. The Labute approximate surface area is 129 Å². The van der Waals surface area contributed by atoms with Gasteiger partial charge in [0.1, 0.15) is 11.6 Å². The molecule has 2 aromatic heterocycles. The molecule has 2 aromatic rings. The maximum atomic E-state index is 5.64. The second kappa shape index (κ2) is 6.76. The van der Waals surface area contributed by atoms with Crippen LogP contribution in [0.3, 0.4) is 0 Å². The molecule has 1 aliphatic rings. The van der Waals surface area contributed by atoms with Crippen LogP contribution < -0.4 is 5.32 Å². The topological polar surface area (TPSA) is 76.1 Å². The van der Waals surface area contributed by atoms with E-state index in [4.69, 9.17) is 4.74 Å². The standard InChI is InChI=1S/C15H20N6O/c1-11-7-14(16-2)20-15(19-11)13-10-22-6-5-21(13)9-12-8-17-3-4-18-12/h3-4,7-8,13H,5-6,9-10H2,1-2H3,(H,16,19,20). The number of ether oxygens (including phenoxy) is 1. The van der Waals surface area contributed by atoms with E-state index in [-0.39, 0.29) is 6.04 Å². The quantitative estimate of drug-likeness (QED) is 0.909. The largest absolute Gasteiger partial charge is 0.378 e. The molecule has 7 nitrogen and oxygen atoms in total. The first-order valence-corrected chi connectivity index (χ1v) is 7.36. The zero-order chi connectivity index (χ0) is 15.4. The fraction of sp³-hybridized carbons (Fsp3) is 0.467. The minimum Gasteiger partial charge on any atom is -0.378 e. The lowest BCUT2D eigenvalue weighted by molar-refractivity contribution is -0.0165. The van der Waals surface area contributed by atoms with Gasteiger partial charge in [0.25, 0.3) is 0 Å². The van der Waals surface area contributed by atoms with Gasteiger partial charge in [0.15, 0.2) is 0 Å². The van der Waals surface area contributed by atoms with E-state index in [2.05, 4.69) is 30.2 Å². The number of hydrogen-bond acceptors (Lipinski definition) is 7. The zero-order valence-electron chi connectivity index (χ0n) is 12.9. The number of hydrogen-bond donors (Lipinski definition) is 1. The number of aromatic nitrogens is 4. The number of aryl methyl sites for hydroxylation is 1. The average Bonchev–Trinajstić information content (AvgIpc) is 2.55. The third kappa shape index (κ3) is 3.37. The Morgan fingerprint density at radius 3 is 3.05 bits per heavy atom. The van der Waals surface area contributed by atoms with E-state index in [1.54, 1.807) is 18.6 Å². The molecule has 7 heteroatoms. The number of morpholine rings is 1. The molecule has 1 N–H and O–H groups in total. The molecule has 116 valence electrons. The summed E-state index contributed by atoms with van der Waals surface area (Å²) in [5.74, 6) is 1.61. The second-order valence-corrected chi connectivity index (χ2v) is 5.26. The maximum Gasteiger partial charge on any atom is 0.150 e. The first-order chi connectivity index (χ1) is 10.8. The molecule has 0 aromatic carbocycles. The van der Waals surface area contributed by atoms with Crippen molar-refractivity contribution >= 4 is 5.82 Å². The Hall–Kier alpha value is -2.12. The van der Waals surface area contributed by atoms with E-state index in [1.165, 1.54) is 0 Å². The highest BCUT2D eigenvalue weighted by molar-refractivity contribution is 5.35. The summed E-state index contributed by atoms with van der Waals surface area (Å²) >= 11 is 0. The smallest absolute Gasteiger partial charge is 0.150 e. The van der Waals surface area contributed by atoms with Crippen molar-refractivity contribution < 1.29 is 4.74 Å². The van der Waals surface area contributed by atoms with Gasteiger partial charge < -0.3 is 10.1 Å². The zero-order valence-corrected chi connectivity index (χ0v) is 12.9. The highest BCUT2D eigenvalue weighted by Crippen LogP contribution is 2.24. The average molecular weight is 300 g/mol. The lowest BCUT2D eigenvalue weighted by Crippen LogP contribution is -2.40. The van der Waals surface area contributed by atoms with E-state index in [1.807, 2.05) is 20.0 Å². The van der Waals surface area contributed by atoms with Gasteiger partial charge in [0.2, 0.25) is 0 Å². The Morgan fingerprint density at radius 1 is 1.36 bits per heavy atom. The van der Waals surface area contributed by atoms with E-state index >= 15 is 0 Å². The van der Waals surface area contributed by atoms with Crippen molar-refractivity contribution in [1.82, 2.24) is 24.8 Å². The molecule has 0 spiro atoms. The van der Waals surface area contributed by atoms with Gasteiger partial charge in [0.05, 0.1) is 24.9 Å². The normalized spacial score (nSPS) is 19.1. The van der Waals surface area contributed by atoms with Gasteiger partial charge in [0, 0.05) is 50.5 Å². The summed E-state index contributed by atoms with van der Waals surface area (Å²) in [4.78, 5) is 20.0. The van der Waals surface area contributed by atoms with Crippen LogP contribution in [0.2, 0.25) is 0 Å². The third-order valence-corrected chi connectivity index (χ3v) is 3.65. The van der Waals surface area contributed by atoms with Gasteiger partial charge in [-0.1, -0.05) is 0 Å². The molecule has 3 rings (SSSR count). The van der Waals surface area contributed by atoms with Gasteiger partial charge in [-0.25, -0.2) is 9.97 Å². The van der Waals surface area contributed by atoms with Crippen LogP contribution in [0.15, 0.2) is 24.7 Å². The fourth-order valence-corrected chi connectivity index (χ4v) is 2.55. The summed E-state index contributed by atoms with van der Waals surface area (Å²) in [6, 6.07) is 1.96. The van der Waals surface area contributed by atoms with Crippen LogP contribution >= 0.6 is 0 Å². The van der Waals surface area contributed by atoms with Crippen molar-refractivity contribution in [3.8, 4) is 0 Å². The molecule has 22 heavy (non-hydrogen) atoms. The van der Waals surface area contributed by atoms with Crippen molar-refractivity contribution in [3.63, 3.8) is 0 Å². The van der Waals surface area contributed by atoms with Crippen molar-refractivity contribution in [2.75, 3.05) is 32.1 Å². The van der Waals surface area contributed by atoms with Crippen LogP contribution in [0.4, 0.5) is 5.82 Å². The highest BCUT2D eigenvalue weighted by Gasteiger charge is 2.27. The van der Waals surface area contributed by atoms with Crippen LogP contribution in [-0.4, -0.2) is 51.6 Å². The van der Waals surface area contributed by atoms with Crippen LogP contribution in [0.25, 0.3) is 0 Å². The molecule has 3 heterocycles. The van der Waals surface area contributed by atoms with E-state index in [0.717, 1.165) is 29.6 Å². The Balaban J connectivity index is 1.84. The molecule has 1 atom stereocenters. The van der Waals surface area contributed by atoms with E-state index in [9.17, 15) is 0 Å². The van der Waals surface area contributed by atoms with Crippen LogP contribution in [0.1, 0.15) is 23.3 Å². The minimum atomic E-state index is 0.0303. The van der Waals surface area contributed by atoms with Crippen molar-refractivity contribution in [1.29, 1.82) is 0 Å². The summed E-state index contributed by atoms with van der Waals surface area (Å²) in [6.45, 7) is 4.82. The Bertz CT molecular complexity index is 621. The number of anilines is 1. The summed E-state index contributed by atoms with van der Waals surface area (Å²) in [6.07, 6.45) is 5.19. The molecular weight excluding hydrogens is 280 g/mol. The van der Waals surface area contributed by atoms with Gasteiger partial charge in [-0.3, -0.25) is 14.9 Å². The molecule has 1 saturated heterocycles. The maximum absolute atomic E-state index is 5.64. The fourth-order valence-electron chi connectivity index (χ4n) is 2.55. The molecule has 0 bridgehead atoms. The van der Waals surface area contributed by atoms with Gasteiger partial charge in [-0.05, 0) is 6.92 Å². The Kier molecular flexibility index (Phi) is 4.55. The minimum absolute atomic E-state index is 0.0303. The second-order valence-electron chi connectivity index (χ2n) is 5.26. The SMILES string of the molecule is CNc1cc(C)nc(C2COCCN2Cc2cnccn2)n1. The summed E-state index contributed by atoms with van der Waals surface area (Å²) in [5, 5.41) is 3.08. The number of rotatable bonds is 4. The lowest BCUT2D eigenvalue weighted by Gasteiger charge is -2.34. The predicted molar refractivity (Wildman–Crippen MR) is 82.3 cm³/mol. The van der Waals surface area contributed by atoms with Crippen LogP contribution in [0, 0.1) is 6.92 Å². The lowest BCUT2D eigenvalue weighted by atomic mass is 10.2. The molecule has 0 amide bonds. The number of nitrogens with one attached hydrogen (secondary N) is 1. The molecule has 0 radical (unpaired) electrons. The molecule has 1 fully saturated rings. The molecule has 0 aliphatic carbocycles. The number of nitrogens with zero attached hydrogens (tertiary/aromatic N) is 5. The Morgan fingerprint density at radius 2 is 2.27 bits per heavy atom. The molecular formula is C15H20N6O. The summed E-state index contributed by atoms with van der Waals surface area (Å²) in [5.41, 5.74) is 1.88. The van der Waals surface area contributed by atoms with Gasteiger partial charge in [-0.2, -0.15) is 0 Å². The highest BCUT2D eigenvalue weighted by atomic mass is 16.5. The monoisotopic (exact) mass is 300 g/mol.